The van der Waals surface area contributed by atoms with E-state index in [1.165, 1.54) is 231 Å². The summed E-state index contributed by atoms with van der Waals surface area (Å²) in [4.78, 5) is 40.2. The number of hydrogen-bond donors (Lipinski definition) is 1. The summed E-state index contributed by atoms with van der Waals surface area (Å²) >= 11 is 0. The Balaban J connectivity index is 5.05. The van der Waals surface area contributed by atoms with Crippen LogP contribution in [-0.4, -0.2) is 69.4 Å². The van der Waals surface area contributed by atoms with Crippen LogP contribution >= 0.6 is 7.82 Å². The smallest absolute Gasteiger partial charge is 0.306 e. The molecule has 0 bridgehead atoms. The second-order valence-electron chi connectivity index (χ2n) is 25.7. The Kier molecular flexibility index (Phi) is 62.0. The number of hydrogen-bond acceptors (Lipinski definition) is 7. The molecule has 0 aromatic heterocycles. The van der Waals surface area contributed by atoms with Gasteiger partial charge in [-0.1, -0.05) is 300 Å². The highest BCUT2D eigenvalue weighted by Crippen LogP contribution is 2.38. The van der Waals surface area contributed by atoms with E-state index in [1.807, 2.05) is 33.3 Å². The molecular formula is C74H139N2O7P. The summed E-state index contributed by atoms with van der Waals surface area (Å²) in [5, 5.41) is 3.05. The topological polar surface area (TPSA) is 114 Å². The number of likely N-dealkylation sites (N-methyl/N-ethyl adjacent to an activating group) is 1. The molecule has 3 unspecified atom stereocenters. The van der Waals surface area contributed by atoms with Crippen molar-refractivity contribution in [3.63, 3.8) is 0 Å². The molecule has 0 aromatic rings. The number of carbonyl (C=O) groups is 2. The fourth-order valence-corrected chi connectivity index (χ4v) is 11.3. The zero-order valence-corrected chi connectivity index (χ0v) is 57.3. The monoisotopic (exact) mass is 1200 g/mol. The van der Waals surface area contributed by atoms with E-state index in [0.717, 1.165) is 83.5 Å². The number of amides is 1. The van der Waals surface area contributed by atoms with Gasteiger partial charge in [-0.25, -0.2) is 0 Å². The van der Waals surface area contributed by atoms with Crippen LogP contribution in [0.4, 0.5) is 0 Å². The first-order valence-electron chi connectivity index (χ1n) is 36.1. The molecule has 0 spiro atoms. The molecule has 0 radical (unpaired) electrons. The zero-order chi connectivity index (χ0) is 61.4. The second kappa shape index (κ2) is 63.7. The molecule has 0 fully saturated rings. The van der Waals surface area contributed by atoms with Gasteiger partial charge >= 0.3 is 5.97 Å². The molecule has 0 aliphatic rings. The number of nitrogens with zero attached hydrogens (tertiary/aromatic N) is 1. The maximum atomic E-state index is 13.6. The molecule has 0 aliphatic carbocycles. The summed E-state index contributed by atoms with van der Waals surface area (Å²) in [5.74, 6) is -0.536. The Morgan fingerprint density at radius 3 is 1.12 bits per heavy atom. The molecule has 0 aromatic carbocycles. The van der Waals surface area contributed by atoms with Gasteiger partial charge < -0.3 is 28.5 Å². The molecule has 0 heterocycles. The van der Waals surface area contributed by atoms with E-state index in [9.17, 15) is 19.0 Å². The molecule has 1 N–H and O–H groups in total. The highest BCUT2D eigenvalue weighted by Gasteiger charge is 2.27. The number of nitrogens with one attached hydrogen (secondary N) is 1. The molecule has 3 atom stereocenters. The number of esters is 1. The second-order valence-corrected chi connectivity index (χ2v) is 27.1. The van der Waals surface area contributed by atoms with Gasteiger partial charge in [0.05, 0.1) is 33.8 Å². The number of allylic oxidation sites excluding steroid dienone is 9. The van der Waals surface area contributed by atoms with Crippen LogP contribution in [0.2, 0.25) is 0 Å². The molecule has 1 amide bonds. The third kappa shape index (κ3) is 64.2. The lowest BCUT2D eigenvalue weighted by Crippen LogP contribution is -2.47. The third-order valence-corrected chi connectivity index (χ3v) is 17.1. The largest absolute Gasteiger partial charge is 0.756 e. The summed E-state index contributed by atoms with van der Waals surface area (Å²) in [6.45, 7) is 6.85. The number of rotatable bonds is 66. The summed E-state index contributed by atoms with van der Waals surface area (Å²) in [6, 6.07) is -0.892. The Bertz CT molecular complexity index is 1620. The average Bonchev–Trinajstić information content (AvgIpc) is 3.65. The summed E-state index contributed by atoms with van der Waals surface area (Å²) in [7, 11) is 1.19. The Hall–Kier alpha value is -2.29. The van der Waals surface area contributed by atoms with E-state index in [-0.39, 0.29) is 31.5 Å². The van der Waals surface area contributed by atoms with Gasteiger partial charge in [0, 0.05) is 12.8 Å². The number of quaternary nitrogens is 1. The minimum Gasteiger partial charge on any atom is -0.756 e. The van der Waals surface area contributed by atoms with Crippen LogP contribution in [-0.2, 0) is 27.9 Å². The predicted molar refractivity (Wildman–Crippen MR) is 362 cm³/mol. The van der Waals surface area contributed by atoms with Gasteiger partial charge in [-0.05, 0) is 96.0 Å². The lowest BCUT2D eigenvalue weighted by molar-refractivity contribution is -0.870. The van der Waals surface area contributed by atoms with Gasteiger partial charge in [0.2, 0.25) is 5.91 Å². The normalized spacial score (nSPS) is 13.8. The minimum atomic E-state index is -4.71. The van der Waals surface area contributed by atoms with E-state index >= 15 is 0 Å². The minimum absolute atomic E-state index is 0.0233. The van der Waals surface area contributed by atoms with Crippen molar-refractivity contribution in [2.45, 2.75) is 360 Å². The first kappa shape index (κ1) is 81.7. The number of ether oxygens (including phenoxy) is 1. The molecule has 9 nitrogen and oxygen atoms in total. The first-order chi connectivity index (χ1) is 40.9. The van der Waals surface area contributed by atoms with Crippen molar-refractivity contribution in [1.82, 2.24) is 5.32 Å². The van der Waals surface area contributed by atoms with Crippen molar-refractivity contribution in [3.8, 4) is 0 Å². The molecule has 10 heteroatoms. The van der Waals surface area contributed by atoms with Gasteiger partial charge in [-0.3, -0.25) is 14.2 Å². The van der Waals surface area contributed by atoms with Crippen molar-refractivity contribution in [1.29, 1.82) is 0 Å². The molecular weight excluding hydrogens is 1060 g/mol. The van der Waals surface area contributed by atoms with Crippen LogP contribution in [0.15, 0.2) is 60.8 Å². The van der Waals surface area contributed by atoms with Gasteiger partial charge in [0.25, 0.3) is 7.82 Å². The maximum absolute atomic E-state index is 13.6. The maximum Gasteiger partial charge on any atom is 0.306 e. The predicted octanol–water partition coefficient (Wildman–Crippen LogP) is 22.3. The standard InChI is InChI=1S/C74H139N2O7P/c1-7-10-13-16-19-22-25-28-30-32-34-36-37-38-39-41-42-44-46-48-51-54-57-60-63-66-73(77)75-71(70-82-84(79,80)81-69-68-76(4,5)6)72(65-62-59-56-53-50-27-24-21-18-15-12-9-3)83-74(78)67-64-61-58-55-52-49-47-45-43-40-35-33-31-29-26-23-20-17-14-11-8-2/h20,23,28-31,35,40,62,65,71-72H,7-19,21-22,24-27,32-34,36-39,41-61,63-64,66-70H2,1-6H3,(H-,75,77,79,80)/b23-20-,30-28+,31-29-,40-35-,65-62-. The molecule has 0 rings (SSSR count). The lowest BCUT2D eigenvalue weighted by atomic mass is 10.0. The van der Waals surface area contributed by atoms with Crippen molar-refractivity contribution in [3.05, 3.63) is 60.8 Å². The first-order valence-corrected chi connectivity index (χ1v) is 37.6. The third-order valence-electron chi connectivity index (χ3n) is 16.2. The number of carbonyl (C=O) groups excluding carboxylic acids is 2. The van der Waals surface area contributed by atoms with Crippen molar-refractivity contribution in [2.75, 3.05) is 40.9 Å². The summed E-state index contributed by atoms with van der Waals surface area (Å²) in [5.41, 5.74) is 0. The van der Waals surface area contributed by atoms with Gasteiger partial charge in [0.1, 0.15) is 19.3 Å². The van der Waals surface area contributed by atoms with Crippen LogP contribution in [0.1, 0.15) is 348 Å². The van der Waals surface area contributed by atoms with E-state index in [0.29, 0.717) is 17.4 Å². The van der Waals surface area contributed by atoms with E-state index in [1.54, 1.807) is 0 Å². The van der Waals surface area contributed by atoms with E-state index < -0.39 is 20.0 Å². The molecule has 0 saturated heterocycles. The Labute approximate surface area is 521 Å². The van der Waals surface area contributed by atoms with Crippen molar-refractivity contribution >= 4 is 19.7 Å². The number of unbranched alkanes of at least 4 members (excludes halogenated alkanes) is 42. The Morgan fingerprint density at radius 2 is 0.726 bits per heavy atom. The Morgan fingerprint density at radius 1 is 0.417 bits per heavy atom. The zero-order valence-electron chi connectivity index (χ0n) is 56.4. The van der Waals surface area contributed by atoms with Crippen LogP contribution in [0.5, 0.6) is 0 Å². The quantitative estimate of drug-likeness (QED) is 0.0212. The lowest BCUT2D eigenvalue weighted by Gasteiger charge is -2.30. The molecule has 0 saturated carbocycles. The molecule has 492 valence electrons. The van der Waals surface area contributed by atoms with Crippen LogP contribution in [0, 0.1) is 0 Å². The van der Waals surface area contributed by atoms with Gasteiger partial charge in [0.15, 0.2) is 0 Å². The number of phosphoric acid groups is 1. The van der Waals surface area contributed by atoms with Crippen molar-refractivity contribution in [2.24, 2.45) is 0 Å². The van der Waals surface area contributed by atoms with E-state index in [2.05, 4.69) is 74.7 Å². The highest BCUT2D eigenvalue weighted by atomic mass is 31.2. The van der Waals surface area contributed by atoms with E-state index in [4.69, 9.17) is 13.8 Å². The SMILES string of the molecule is CCCCC/C=C\C/C=C\C/C=C\CCCCCCCCCCC(=O)OC(/C=C\CCCCCCCCCCCC)C(COP(=O)([O-])OCC[N+](C)(C)C)NC(=O)CCCCCCCCCCCCCCCCC/C=C/CCCCCCCC. The van der Waals surface area contributed by atoms with Crippen molar-refractivity contribution < 1.29 is 37.3 Å². The summed E-state index contributed by atoms with van der Waals surface area (Å²) < 4.78 is 30.5. The highest BCUT2D eigenvalue weighted by molar-refractivity contribution is 7.45. The van der Waals surface area contributed by atoms with Crippen LogP contribution in [0.25, 0.3) is 0 Å². The van der Waals surface area contributed by atoms with Crippen LogP contribution in [0.3, 0.4) is 0 Å². The molecule has 84 heavy (non-hydrogen) atoms. The fraction of sp³-hybridized carbons (Fsp3) is 0.838. The van der Waals surface area contributed by atoms with Crippen LogP contribution < -0.4 is 10.2 Å². The molecule has 0 aliphatic heterocycles. The van der Waals surface area contributed by atoms with Gasteiger partial charge in [-0.2, -0.15) is 0 Å². The average molecular weight is 1200 g/mol. The van der Waals surface area contributed by atoms with Gasteiger partial charge in [-0.15, -0.1) is 0 Å². The summed E-state index contributed by atoms with van der Waals surface area (Å²) in [6.07, 6.45) is 82.0. The fourth-order valence-electron chi connectivity index (χ4n) is 10.6. The number of phosphoric ester groups is 1.